The quantitative estimate of drug-likeness (QED) is 0.797. The minimum atomic E-state index is -0.280. The molecule has 0 N–H and O–H groups in total. The fourth-order valence-corrected chi connectivity index (χ4v) is 3.79. The monoisotopic (exact) mass is 291 g/mol. The van der Waals surface area contributed by atoms with Gasteiger partial charge in [-0.2, -0.15) is 0 Å². The molecule has 0 aromatic carbocycles. The van der Waals surface area contributed by atoms with E-state index >= 15 is 0 Å². The summed E-state index contributed by atoms with van der Waals surface area (Å²) < 4.78 is 11.3. The summed E-state index contributed by atoms with van der Waals surface area (Å²) in [5, 5.41) is 0. The largest absolute Gasteiger partial charge is 0.465 e. The highest BCUT2D eigenvalue weighted by atomic mass is 32.1. The molecule has 1 saturated heterocycles. The zero-order valence-electron chi connectivity index (χ0n) is 11.6. The fraction of sp³-hybridized carbons (Fsp3) is 0.467. The van der Waals surface area contributed by atoms with Crippen molar-refractivity contribution in [2.45, 2.75) is 25.7 Å². The normalized spacial score (nSPS) is 16.5. The van der Waals surface area contributed by atoms with E-state index in [9.17, 15) is 4.79 Å². The topological polar surface area (TPSA) is 48.4 Å². The van der Waals surface area contributed by atoms with E-state index in [-0.39, 0.29) is 5.97 Å². The van der Waals surface area contributed by atoms with E-state index in [1.165, 1.54) is 24.0 Å². The first kappa shape index (κ1) is 13.5. The Balaban J connectivity index is 2.00. The Morgan fingerprint density at radius 2 is 2.20 bits per heavy atom. The van der Waals surface area contributed by atoms with E-state index in [1.807, 2.05) is 13.1 Å². The number of esters is 1. The summed E-state index contributed by atoms with van der Waals surface area (Å²) in [4.78, 5) is 16.9. The van der Waals surface area contributed by atoms with Crippen LogP contribution in [0.15, 0.2) is 12.3 Å². The van der Waals surface area contributed by atoms with Gasteiger partial charge in [-0.15, -0.1) is 11.3 Å². The molecule has 1 aliphatic heterocycles. The van der Waals surface area contributed by atoms with Gasteiger partial charge in [-0.05, 0) is 37.3 Å². The molecule has 0 spiro atoms. The van der Waals surface area contributed by atoms with Crippen LogP contribution in [-0.4, -0.2) is 31.3 Å². The molecule has 0 bridgehead atoms. The molecule has 2 aromatic rings. The summed E-state index contributed by atoms with van der Waals surface area (Å²) in [5.41, 5.74) is 3.07. The van der Waals surface area contributed by atoms with E-state index in [1.54, 1.807) is 0 Å². The molecule has 1 aliphatic rings. The average molecular weight is 291 g/mol. The Kier molecular flexibility index (Phi) is 3.72. The van der Waals surface area contributed by atoms with Crippen LogP contribution in [0.25, 0.3) is 10.2 Å². The molecule has 5 heteroatoms. The molecule has 0 radical (unpaired) electrons. The number of carbonyl (C=O) groups is 1. The van der Waals surface area contributed by atoms with Crippen molar-refractivity contribution in [2.24, 2.45) is 0 Å². The van der Waals surface area contributed by atoms with Crippen LogP contribution in [0.2, 0.25) is 0 Å². The second-order valence-corrected chi connectivity index (χ2v) is 6.10. The molecular formula is C15H17NO3S. The third-order valence-electron chi connectivity index (χ3n) is 3.85. The van der Waals surface area contributed by atoms with Crippen molar-refractivity contribution in [3.8, 4) is 0 Å². The van der Waals surface area contributed by atoms with Gasteiger partial charge in [0.1, 0.15) is 4.88 Å². The molecule has 1 fully saturated rings. The molecule has 3 heterocycles. The van der Waals surface area contributed by atoms with Crippen molar-refractivity contribution in [1.29, 1.82) is 0 Å². The number of aromatic nitrogens is 1. The second kappa shape index (κ2) is 5.50. The molecular weight excluding hydrogens is 274 g/mol. The number of methoxy groups -OCH3 is 1. The highest BCUT2D eigenvalue weighted by Gasteiger charge is 2.20. The summed E-state index contributed by atoms with van der Waals surface area (Å²) in [6, 6.07) is 2.17. The van der Waals surface area contributed by atoms with Crippen LogP contribution < -0.4 is 0 Å². The van der Waals surface area contributed by atoms with Crippen LogP contribution in [-0.2, 0) is 9.47 Å². The summed E-state index contributed by atoms with van der Waals surface area (Å²) >= 11 is 1.47. The maximum Gasteiger partial charge on any atom is 0.348 e. The second-order valence-electron chi connectivity index (χ2n) is 5.05. The van der Waals surface area contributed by atoms with Gasteiger partial charge in [0.05, 0.1) is 17.3 Å². The first-order chi connectivity index (χ1) is 9.70. The third-order valence-corrected chi connectivity index (χ3v) is 5.05. The first-order valence-electron chi connectivity index (χ1n) is 6.76. The molecule has 0 aliphatic carbocycles. The Morgan fingerprint density at radius 1 is 1.45 bits per heavy atom. The molecule has 4 nitrogen and oxygen atoms in total. The van der Waals surface area contributed by atoms with Gasteiger partial charge in [0, 0.05) is 25.0 Å². The van der Waals surface area contributed by atoms with Gasteiger partial charge in [0.2, 0.25) is 0 Å². The molecule has 0 saturated carbocycles. The molecule has 0 amide bonds. The first-order valence-corrected chi connectivity index (χ1v) is 7.57. The maximum atomic E-state index is 11.7. The van der Waals surface area contributed by atoms with Crippen LogP contribution in [0.1, 0.15) is 39.6 Å². The SMILES string of the molecule is COC(=O)c1sc2cc(C3CCOCC3)cnc2c1C. The van der Waals surface area contributed by atoms with Gasteiger partial charge in [0.25, 0.3) is 0 Å². The van der Waals surface area contributed by atoms with Crippen LogP contribution in [0, 0.1) is 6.92 Å². The van der Waals surface area contributed by atoms with Gasteiger partial charge in [-0.3, -0.25) is 4.98 Å². The highest BCUT2D eigenvalue weighted by Crippen LogP contribution is 2.34. The summed E-state index contributed by atoms with van der Waals surface area (Å²) in [6.45, 7) is 3.56. The number of thiophene rings is 1. The van der Waals surface area contributed by atoms with Gasteiger partial charge in [-0.1, -0.05) is 0 Å². The molecule has 0 atom stereocenters. The van der Waals surface area contributed by atoms with Crippen molar-refractivity contribution in [1.82, 2.24) is 4.98 Å². The molecule has 3 rings (SSSR count). The number of ether oxygens (including phenoxy) is 2. The van der Waals surface area contributed by atoms with Gasteiger partial charge in [-0.25, -0.2) is 4.79 Å². The Bertz CT molecular complexity index is 644. The van der Waals surface area contributed by atoms with Crippen LogP contribution in [0.3, 0.4) is 0 Å². The van der Waals surface area contributed by atoms with Crippen molar-refractivity contribution in [3.05, 3.63) is 28.3 Å². The number of hydrogen-bond donors (Lipinski definition) is 0. The van der Waals surface area contributed by atoms with E-state index in [0.29, 0.717) is 10.8 Å². The Hall–Kier alpha value is -1.46. The predicted molar refractivity (Wildman–Crippen MR) is 78.5 cm³/mol. The lowest BCUT2D eigenvalue weighted by atomic mass is 9.93. The molecule has 2 aromatic heterocycles. The predicted octanol–water partition coefficient (Wildman–Crippen LogP) is 3.29. The lowest BCUT2D eigenvalue weighted by Gasteiger charge is -2.21. The van der Waals surface area contributed by atoms with Gasteiger partial charge < -0.3 is 9.47 Å². The highest BCUT2D eigenvalue weighted by molar-refractivity contribution is 7.20. The van der Waals surface area contributed by atoms with E-state index < -0.39 is 0 Å². The van der Waals surface area contributed by atoms with Crippen LogP contribution >= 0.6 is 11.3 Å². The number of nitrogens with zero attached hydrogens (tertiary/aromatic N) is 1. The van der Waals surface area contributed by atoms with Crippen molar-refractivity contribution in [2.75, 3.05) is 20.3 Å². The zero-order chi connectivity index (χ0) is 14.1. The van der Waals surface area contributed by atoms with Crippen molar-refractivity contribution >= 4 is 27.5 Å². The number of rotatable bonds is 2. The third kappa shape index (κ3) is 2.31. The Morgan fingerprint density at radius 3 is 2.90 bits per heavy atom. The summed E-state index contributed by atoms with van der Waals surface area (Å²) in [5.74, 6) is 0.239. The summed E-state index contributed by atoms with van der Waals surface area (Å²) in [7, 11) is 1.41. The minimum Gasteiger partial charge on any atom is -0.465 e. The number of fused-ring (bicyclic) bond motifs is 1. The van der Waals surface area contributed by atoms with Gasteiger partial charge >= 0.3 is 5.97 Å². The lowest BCUT2D eigenvalue weighted by Crippen LogP contribution is -2.14. The zero-order valence-corrected chi connectivity index (χ0v) is 12.5. The van der Waals surface area contributed by atoms with Crippen LogP contribution in [0.5, 0.6) is 0 Å². The smallest absolute Gasteiger partial charge is 0.348 e. The molecule has 0 unspecified atom stereocenters. The lowest BCUT2D eigenvalue weighted by molar-refractivity contribution is 0.0605. The van der Waals surface area contributed by atoms with E-state index in [2.05, 4.69) is 11.1 Å². The number of pyridine rings is 1. The number of carbonyl (C=O) groups excluding carboxylic acids is 1. The summed E-state index contributed by atoms with van der Waals surface area (Å²) in [6.07, 6.45) is 4.03. The molecule has 106 valence electrons. The van der Waals surface area contributed by atoms with Crippen molar-refractivity contribution in [3.63, 3.8) is 0 Å². The number of aryl methyl sites for hydroxylation is 1. The van der Waals surface area contributed by atoms with E-state index in [0.717, 1.165) is 41.8 Å². The van der Waals surface area contributed by atoms with Gasteiger partial charge in [0.15, 0.2) is 0 Å². The van der Waals surface area contributed by atoms with Crippen LogP contribution in [0.4, 0.5) is 0 Å². The fourth-order valence-electron chi connectivity index (χ4n) is 2.65. The molecule has 20 heavy (non-hydrogen) atoms. The number of hydrogen-bond acceptors (Lipinski definition) is 5. The average Bonchev–Trinajstić information content (AvgIpc) is 2.84. The minimum absolute atomic E-state index is 0.280. The van der Waals surface area contributed by atoms with E-state index in [4.69, 9.17) is 9.47 Å². The standard InChI is InChI=1S/C15H17NO3S/c1-9-13-12(20-14(9)15(17)18-2)7-11(8-16-13)10-3-5-19-6-4-10/h7-8,10H,3-6H2,1-2H3. The Labute approximate surface area is 121 Å². The maximum absolute atomic E-state index is 11.7. The van der Waals surface area contributed by atoms with Crippen molar-refractivity contribution < 1.29 is 14.3 Å².